The molecule has 0 unspecified atom stereocenters. The van der Waals surface area contributed by atoms with E-state index in [2.05, 4.69) is 37.1 Å². The Balaban J connectivity index is 0.000000445. The van der Waals surface area contributed by atoms with E-state index in [-0.39, 0.29) is 24.5 Å². The minimum Gasteiger partial charge on any atom is -0.481 e. The number of aliphatic hydroxyl groups excluding tert-OH is 1. The van der Waals surface area contributed by atoms with Crippen molar-refractivity contribution in [2.75, 3.05) is 40.0 Å². The average Bonchev–Trinajstić information content (AvgIpc) is 2.56. The maximum Gasteiger partial charge on any atom is 0.307 e. The van der Waals surface area contributed by atoms with Crippen LogP contribution in [0.2, 0.25) is 0 Å². The summed E-state index contributed by atoms with van der Waals surface area (Å²) in [6, 6.07) is 11.8. The number of nitrogens with zero attached hydrogens (tertiary/aromatic N) is 1. The first-order chi connectivity index (χ1) is 12.5. The number of anilines is 1. The largest absolute Gasteiger partial charge is 0.481 e. The molecule has 7 heteroatoms. The van der Waals surface area contributed by atoms with Crippen LogP contribution in [0, 0.1) is 0 Å². The number of quaternary nitrogens is 1. The van der Waals surface area contributed by atoms with Gasteiger partial charge in [0.2, 0.25) is 0 Å². The molecule has 0 aliphatic rings. The highest BCUT2D eigenvalue weighted by atomic mass is 79.9. The van der Waals surface area contributed by atoms with Gasteiger partial charge in [0.15, 0.2) is 5.78 Å². The molecule has 2 aromatic carbocycles. The predicted molar refractivity (Wildman–Crippen MR) is 110 cm³/mol. The predicted octanol–water partition coefficient (Wildman–Crippen LogP) is 2.57. The first kappa shape index (κ1) is 22.8. The lowest BCUT2D eigenvalue weighted by atomic mass is 9.98. The molecule has 0 atom stereocenters. The summed E-state index contributed by atoms with van der Waals surface area (Å²) in [5, 5.41) is 17.2. The number of ketones is 1. The van der Waals surface area contributed by atoms with Crippen LogP contribution in [0.15, 0.2) is 46.9 Å². The van der Waals surface area contributed by atoms with Crippen LogP contribution < -0.4 is 5.73 Å². The van der Waals surface area contributed by atoms with Crippen molar-refractivity contribution in [3.63, 3.8) is 0 Å². The Labute approximate surface area is 168 Å². The number of carboxylic acid groups (broad SMARTS) is 1. The molecule has 27 heavy (non-hydrogen) atoms. The zero-order valence-electron chi connectivity index (χ0n) is 15.8. The van der Waals surface area contributed by atoms with Gasteiger partial charge in [-0.3, -0.25) is 9.59 Å². The highest BCUT2D eigenvalue weighted by Gasteiger charge is 2.15. The van der Waals surface area contributed by atoms with Crippen molar-refractivity contribution in [3.8, 4) is 0 Å². The maximum absolute atomic E-state index is 12.4. The topological polar surface area (TPSA) is 101 Å². The van der Waals surface area contributed by atoms with E-state index in [1.165, 1.54) is 0 Å². The zero-order chi connectivity index (χ0) is 20.6. The number of carboxylic acids is 1. The zero-order valence-corrected chi connectivity index (χ0v) is 17.4. The molecule has 0 saturated carbocycles. The SMILES string of the molecule is C[N+](C)(C)CCO.Nc1c(CC(=O)O)cccc1C(=O)c1ccc(Br)cc1. The number of benzene rings is 2. The number of rotatable bonds is 6. The molecule has 0 aliphatic heterocycles. The third-order valence-electron chi connectivity index (χ3n) is 3.66. The Kier molecular flexibility index (Phi) is 8.62. The molecule has 0 aliphatic carbocycles. The lowest BCUT2D eigenvalue weighted by molar-refractivity contribution is -0.870. The van der Waals surface area contributed by atoms with Crippen LogP contribution in [0.1, 0.15) is 21.5 Å². The molecule has 0 radical (unpaired) electrons. The van der Waals surface area contributed by atoms with Crippen molar-refractivity contribution in [2.45, 2.75) is 6.42 Å². The van der Waals surface area contributed by atoms with Gasteiger partial charge in [-0.2, -0.15) is 0 Å². The van der Waals surface area contributed by atoms with E-state index >= 15 is 0 Å². The number of nitrogens with two attached hydrogens (primary N) is 1. The summed E-state index contributed by atoms with van der Waals surface area (Å²) in [5.74, 6) is -1.20. The number of hydrogen-bond donors (Lipinski definition) is 3. The van der Waals surface area contributed by atoms with Gasteiger partial charge in [0.05, 0.1) is 34.2 Å². The van der Waals surface area contributed by atoms with Gasteiger partial charge >= 0.3 is 5.97 Å². The molecular formula is C20H26BrN2O4+. The Hall–Kier alpha value is -2.22. The third kappa shape index (κ3) is 7.90. The van der Waals surface area contributed by atoms with Gasteiger partial charge in [-0.05, 0) is 35.9 Å². The standard InChI is InChI=1S/C15H12BrNO3.C5H14NO/c16-11-6-4-9(5-7-11)15(20)12-3-1-2-10(14(12)17)8-13(18)19;1-6(2,3)4-5-7/h1-7H,8,17H2,(H,18,19);7H,4-5H2,1-3H3/q;+1. The molecule has 0 heterocycles. The van der Waals surface area contributed by atoms with Gasteiger partial charge in [-0.1, -0.05) is 28.1 Å². The molecule has 0 saturated heterocycles. The summed E-state index contributed by atoms with van der Waals surface area (Å²) < 4.78 is 1.72. The number of halogens is 1. The molecule has 146 valence electrons. The Morgan fingerprint density at radius 3 is 2.11 bits per heavy atom. The number of hydrogen-bond acceptors (Lipinski definition) is 4. The normalized spacial score (nSPS) is 10.7. The molecule has 0 aromatic heterocycles. The minimum atomic E-state index is -0.982. The Morgan fingerprint density at radius 2 is 1.67 bits per heavy atom. The fourth-order valence-electron chi connectivity index (χ4n) is 2.18. The summed E-state index contributed by atoms with van der Waals surface area (Å²) in [4.78, 5) is 23.1. The van der Waals surface area contributed by atoms with Crippen LogP contribution in [0.5, 0.6) is 0 Å². The van der Waals surface area contributed by atoms with Gasteiger partial charge in [0.25, 0.3) is 0 Å². The number of aliphatic hydroxyl groups is 1. The average molecular weight is 438 g/mol. The fraction of sp³-hybridized carbons (Fsp3) is 0.300. The summed E-state index contributed by atoms with van der Waals surface area (Å²) in [5.41, 5.74) is 7.41. The van der Waals surface area contributed by atoms with Crippen LogP contribution in [0.4, 0.5) is 5.69 Å². The molecule has 0 fully saturated rings. The van der Waals surface area contributed by atoms with E-state index in [1.54, 1.807) is 42.5 Å². The van der Waals surface area contributed by atoms with E-state index in [9.17, 15) is 9.59 Å². The number of likely N-dealkylation sites (N-methyl/N-ethyl adjacent to an activating group) is 1. The van der Waals surface area contributed by atoms with E-state index in [0.29, 0.717) is 16.7 Å². The van der Waals surface area contributed by atoms with E-state index in [4.69, 9.17) is 15.9 Å². The summed E-state index contributed by atoms with van der Waals surface area (Å²) in [6.07, 6.45) is -0.201. The van der Waals surface area contributed by atoms with Crippen molar-refractivity contribution >= 4 is 33.4 Å². The van der Waals surface area contributed by atoms with E-state index in [1.807, 2.05) is 0 Å². The number of nitrogen functional groups attached to an aromatic ring is 1. The summed E-state index contributed by atoms with van der Waals surface area (Å²) in [6.45, 7) is 1.11. The van der Waals surface area contributed by atoms with Gasteiger partial charge in [0.1, 0.15) is 6.54 Å². The minimum absolute atomic E-state index is 0.201. The number of aliphatic carboxylic acids is 1. The Bertz CT molecular complexity index is 784. The first-order valence-corrected chi connectivity index (χ1v) is 9.15. The second-order valence-corrected chi connectivity index (χ2v) is 7.94. The maximum atomic E-state index is 12.4. The molecule has 0 spiro atoms. The molecule has 2 aromatic rings. The van der Waals surface area contributed by atoms with Crippen LogP contribution in [-0.4, -0.2) is 60.7 Å². The number of carbonyl (C=O) groups is 2. The number of para-hydroxylation sites is 1. The monoisotopic (exact) mass is 437 g/mol. The van der Waals surface area contributed by atoms with Crippen molar-refractivity contribution in [3.05, 3.63) is 63.6 Å². The number of carbonyl (C=O) groups excluding carboxylic acids is 1. The summed E-state index contributed by atoms with van der Waals surface area (Å²) in [7, 11) is 6.16. The van der Waals surface area contributed by atoms with Gasteiger partial charge in [-0.15, -0.1) is 0 Å². The molecule has 6 nitrogen and oxygen atoms in total. The van der Waals surface area contributed by atoms with Gasteiger partial charge in [-0.25, -0.2) is 0 Å². The van der Waals surface area contributed by atoms with Crippen LogP contribution in [-0.2, 0) is 11.2 Å². The highest BCUT2D eigenvalue weighted by molar-refractivity contribution is 9.10. The lowest BCUT2D eigenvalue weighted by Crippen LogP contribution is -2.36. The smallest absolute Gasteiger partial charge is 0.307 e. The highest BCUT2D eigenvalue weighted by Crippen LogP contribution is 2.22. The van der Waals surface area contributed by atoms with Crippen LogP contribution in [0.25, 0.3) is 0 Å². The van der Waals surface area contributed by atoms with Crippen molar-refractivity contribution < 1.29 is 24.3 Å². The lowest BCUT2D eigenvalue weighted by Gasteiger charge is -2.21. The van der Waals surface area contributed by atoms with Crippen LogP contribution >= 0.6 is 15.9 Å². The van der Waals surface area contributed by atoms with Crippen molar-refractivity contribution in [1.29, 1.82) is 0 Å². The first-order valence-electron chi connectivity index (χ1n) is 8.36. The second-order valence-electron chi connectivity index (χ2n) is 7.02. The van der Waals surface area contributed by atoms with Crippen molar-refractivity contribution in [1.82, 2.24) is 0 Å². The quantitative estimate of drug-likeness (QED) is 0.366. The molecular weight excluding hydrogens is 412 g/mol. The second kappa shape index (κ2) is 10.2. The van der Waals surface area contributed by atoms with Crippen molar-refractivity contribution in [2.24, 2.45) is 0 Å². The van der Waals surface area contributed by atoms with Gasteiger partial charge in [0, 0.05) is 21.3 Å². The third-order valence-corrected chi connectivity index (χ3v) is 4.19. The molecule has 2 rings (SSSR count). The van der Waals surface area contributed by atoms with E-state index < -0.39 is 5.97 Å². The fourth-order valence-corrected chi connectivity index (χ4v) is 2.45. The Morgan fingerprint density at radius 1 is 1.07 bits per heavy atom. The van der Waals surface area contributed by atoms with E-state index in [0.717, 1.165) is 15.5 Å². The molecule has 0 bridgehead atoms. The molecule has 4 N–H and O–H groups in total. The van der Waals surface area contributed by atoms with Crippen LogP contribution in [0.3, 0.4) is 0 Å². The molecule has 0 amide bonds. The summed E-state index contributed by atoms with van der Waals surface area (Å²) >= 11 is 3.30. The van der Waals surface area contributed by atoms with Gasteiger partial charge < -0.3 is 20.4 Å².